The van der Waals surface area contributed by atoms with Crippen LogP contribution in [-0.4, -0.2) is 113 Å². The number of rotatable bonds is 17. The van der Waals surface area contributed by atoms with Crippen molar-refractivity contribution >= 4 is 35.0 Å². The van der Waals surface area contributed by atoms with E-state index in [9.17, 15) is 29.4 Å². The first kappa shape index (κ1) is 40.4. The number of nitrogens with one attached hydrogen (secondary N) is 2. The zero-order valence-corrected chi connectivity index (χ0v) is 31.4. The van der Waals surface area contributed by atoms with Crippen molar-refractivity contribution < 1.29 is 34.1 Å². The molecule has 0 unspecified atom stereocenters. The molecule has 1 aromatic heterocycles. The summed E-state index contributed by atoms with van der Waals surface area (Å²) in [5.74, 6) is -2.71. The molecule has 1 aromatic carbocycles. The minimum absolute atomic E-state index is 0.0208. The number of hydrogen-bond acceptors (Lipinski definition) is 9. The summed E-state index contributed by atoms with van der Waals surface area (Å²) in [5.41, 5.74) is 1.79. The Morgan fingerprint density at radius 2 is 1.71 bits per heavy atom. The zero-order chi connectivity index (χ0) is 37.0. The van der Waals surface area contributed by atoms with Gasteiger partial charge in [-0.15, -0.1) is 11.3 Å². The van der Waals surface area contributed by atoms with Crippen molar-refractivity contribution in [1.82, 2.24) is 25.4 Å². The molecule has 2 fully saturated rings. The van der Waals surface area contributed by atoms with Crippen LogP contribution in [0.4, 0.5) is 0 Å². The zero-order valence-electron chi connectivity index (χ0n) is 30.6. The number of aliphatic hydroxyl groups excluding tert-OH is 1. The molecule has 282 valence electrons. The van der Waals surface area contributed by atoms with Crippen LogP contribution < -0.4 is 10.6 Å². The van der Waals surface area contributed by atoms with E-state index >= 15 is 0 Å². The fraction of sp³-hybridized carbons (Fsp3) is 0.658. The van der Waals surface area contributed by atoms with Crippen molar-refractivity contribution in [2.45, 2.75) is 102 Å². The van der Waals surface area contributed by atoms with Crippen LogP contribution in [0.3, 0.4) is 0 Å². The molecule has 1 aliphatic carbocycles. The maximum absolute atomic E-state index is 14.3. The fourth-order valence-corrected chi connectivity index (χ4v) is 7.71. The van der Waals surface area contributed by atoms with Crippen LogP contribution in [0.2, 0.25) is 0 Å². The third kappa shape index (κ3) is 12.7. The second kappa shape index (κ2) is 19.4. The standard InChI is InChI=1S/C38H57N5O7S/c1-38(2,49)30(37(48)42(3)4)23-33(44)31(20-27-13-9-6-10-14-27)40-36(47)32(22-29-24-51-25-39-29)41-35(46)28(19-26-11-7-5-8-12-26)21-34(45)43-15-17-50-18-16-43/h5,7-8,11-12,24-25,27-28,30-33,44,49H,6,9-10,13-23H2,1-4H3,(H,40,47)(H,41,46)/t28-,30-,31+,32+,33+/m1/s1. The number of aromatic nitrogens is 1. The lowest BCUT2D eigenvalue weighted by Gasteiger charge is -2.36. The van der Waals surface area contributed by atoms with E-state index in [1.165, 1.54) is 16.2 Å². The van der Waals surface area contributed by atoms with Gasteiger partial charge in [-0.2, -0.15) is 0 Å². The molecule has 0 bridgehead atoms. The Labute approximate surface area is 306 Å². The van der Waals surface area contributed by atoms with Gasteiger partial charge in [-0.25, -0.2) is 4.98 Å². The number of ether oxygens (including phenoxy) is 1. The molecule has 51 heavy (non-hydrogen) atoms. The summed E-state index contributed by atoms with van der Waals surface area (Å²) in [6.45, 7) is 4.93. The van der Waals surface area contributed by atoms with Crippen LogP contribution in [0.5, 0.6) is 0 Å². The van der Waals surface area contributed by atoms with Crippen LogP contribution in [0.25, 0.3) is 0 Å². The average molecular weight is 728 g/mol. The molecule has 13 heteroatoms. The fourth-order valence-electron chi connectivity index (χ4n) is 7.14. The van der Waals surface area contributed by atoms with Crippen LogP contribution in [0.1, 0.15) is 76.5 Å². The van der Waals surface area contributed by atoms with Gasteiger partial charge in [0.2, 0.25) is 23.6 Å². The quantitative estimate of drug-likeness (QED) is 0.194. The minimum Gasteiger partial charge on any atom is -0.391 e. The summed E-state index contributed by atoms with van der Waals surface area (Å²) < 4.78 is 5.41. The predicted molar refractivity (Wildman–Crippen MR) is 196 cm³/mol. The molecule has 0 spiro atoms. The van der Waals surface area contributed by atoms with Crippen LogP contribution in [0, 0.1) is 17.8 Å². The van der Waals surface area contributed by atoms with Crippen molar-refractivity contribution in [3.63, 3.8) is 0 Å². The monoisotopic (exact) mass is 727 g/mol. The molecule has 4 rings (SSSR count). The van der Waals surface area contributed by atoms with Crippen molar-refractivity contribution in [1.29, 1.82) is 0 Å². The number of hydrogen-bond donors (Lipinski definition) is 4. The lowest BCUT2D eigenvalue weighted by Crippen LogP contribution is -2.56. The molecule has 5 atom stereocenters. The maximum atomic E-state index is 14.3. The highest BCUT2D eigenvalue weighted by Crippen LogP contribution is 2.31. The first-order valence-corrected chi connectivity index (χ1v) is 19.2. The topological polar surface area (TPSA) is 161 Å². The van der Waals surface area contributed by atoms with Gasteiger partial charge in [-0.3, -0.25) is 19.2 Å². The first-order valence-electron chi connectivity index (χ1n) is 18.3. The van der Waals surface area contributed by atoms with Gasteiger partial charge in [0.05, 0.1) is 54.0 Å². The summed E-state index contributed by atoms with van der Waals surface area (Å²) in [5, 5.41) is 30.5. The molecule has 0 radical (unpaired) electrons. The van der Waals surface area contributed by atoms with E-state index in [0.29, 0.717) is 44.8 Å². The molecular formula is C38H57N5O7S. The molecule has 1 saturated heterocycles. The number of aliphatic hydroxyl groups is 2. The third-order valence-corrected chi connectivity index (χ3v) is 10.8. The third-order valence-electron chi connectivity index (χ3n) is 10.2. The Balaban J connectivity index is 1.57. The highest BCUT2D eigenvalue weighted by Gasteiger charge is 2.39. The maximum Gasteiger partial charge on any atom is 0.243 e. The number of nitrogens with zero attached hydrogens (tertiary/aromatic N) is 3. The lowest BCUT2D eigenvalue weighted by atomic mass is 9.79. The van der Waals surface area contributed by atoms with Crippen molar-refractivity contribution in [3.05, 3.63) is 52.5 Å². The lowest BCUT2D eigenvalue weighted by molar-refractivity contribution is -0.143. The Morgan fingerprint density at radius 1 is 1.02 bits per heavy atom. The van der Waals surface area contributed by atoms with Crippen molar-refractivity contribution in [3.8, 4) is 0 Å². The summed E-state index contributed by atoms with van der Waals surface area (Å²) in [6, 6.07) is 7.74. The van der Waals surface area contributed by atoms with Crippen LogP contribution in [0.15, 0.2) is 41.2 Å². The number of thiazole rings is 1. The highest BCUT2D eigenvalue weighted by molar-refractivity contribution is 7.07. The molecule has 2 aromatic rings. The molecule has 1 saturated carbocycles. The van der Waals surface area contributed by atoms with E-state index in [1.807, 2.05) is 35.7 Å². The molecule has 4 amide bonds. The van der Waals surface area contributed by atoms with Gasteiger partial charge in [-0.1, -0.05) is 62.4 Å². The van der Waals surface area contributed by atoms with E-state index in [4.69, 9.17) is 4.74 Å². The number of benzene rings is 1. The number of carbonyl (C=O) groups is 4. The van der Waals surface area contributed by atoms with E-state index in [2.05, 4.69) is 15.6 Å². The second-order valence-electron chi connectivity index (χ2n) is 14.9. The molecule has 4 N–H and O–H groups in total. The molecule has 2 aliphatic rings. The van der Waals surface area contributed by atoms with Gasteiger partial charge in [0.25, 0.3) is 0 Å². The van der Waals surface area contributed by atoms with Crippen LogP contribution >= 0.6 is 11.3 Å². The largest absolute Gasteiger partial charge is 0.391 e. The highest BCUT2D eigenvalue weighted by atomic mass is 32.1. The van der Waals surface area contributed by atoms with E-state index < -0.39 is 47.4 Å². The molecule has 2 heterocycles. The second-order valence-corrected chi connectivity index (χ2v) is 15.6. The van der Waals surface area contributed by atoms with Crippen molar-refractivity contribution in [2.24, 2.45) is 17.8 Å². The molecule has 1 aliphatic heterocycles. The van der Waals surface area contributed by atoms with Gasteiger partial charge in [0.15, 0.2) is 0 Å². The summed E-state index contributed by atoms with van der Waals surface area (Å²) in [6.07, 6.45) is 4.97. The van der Waals surface area contributed by atoms with Gasteiger partial charge in [0.1, 0.15) is 6.04 Å². The molecular weight excluding hydrogens is 671 g/mol. The first-order chi connectivity index (χ1) is 24.3. The van der Waals surface area contributed by atoms with E-state index in [0.717, 1.165) is 37.7 Å². The van der Waals surface area contributed by atoms with Gasteiger partial charge < -0.3 is 35.4 Å². The van der Waals surface area contributed by atoms with Gasteiger partial charge in [0, 0.05) is 45.4 Å². The summed E-state index contributed by atoms with van der Waals surface area (Å²) in [7, 11) is 3.22. The normalized spacial score (nSPS) is 18.6. The summed E-state index contributed by atoms with van der Waals surface area (Å²) in [4.78, 5) is 62.4. The Bertz CT molecular complexity index is 1390. The predicted octanol–water partition coefficient (Wildman–Crippen LogP) is 2.96. The number of morpholine rings is 1. The van der Waals surface area contributed by atoms with Crippen molar-refractivity contribution in [2.75, 3.05) is 40.4 Å². The Hall–Kier alpha value is -3.39. The Kier molecular flexibility index (Phi) is 15.4. The SMILES string of the molecule is CN(C)C(=O)[C@@H](C[C@H](O)[C@H](CC1CCCCC1)NC(=O)[C@H](Cc1cscn1)NC(=O)[C@@H](CC(=O)N1CCOCC1)Cc1ccccc1)C(C)(C)O. The smallest absolute Gasteiger partial charge is 0.243 e. The van der Waals surface area contributed by atoms with Gasteiger partial charge >= 0.3 is 0 Å². The number of amides is 4. The Morgan fingerprint density at radius 3 is 2.31 bits per heavy atom. The number of carbonyl (C=O) groups excluding carboxylic acids is 4. The van der Waals surface area contributed by atoms with E-state index in [1.54, 1.807) is 38.4 Å². The average Bonchev–Trinajstić information content (AvgIpc) is 3.63. The minimum atomic E-state index is -1.41. The van der Waals surface area contributed by atoms with E-state index in [-0.39, 0.29) is 37.0 Å². The summed E-state index contributed by atoms with van der Waals surface area (Å²) >= 11 is 1.39. The molecule has 12 nitrogen and oxygen atoms in total. The van der Waals surface area contributed by atoms with Gasteiger partial charge in [-0.05, 0) is 44.6 Å². The van der Waals surface area contributed by atoms with Crippen LogP contribution in [-0.2, 0) is 36.8 Å².